The number of carbonyl (C=O) groups excluding carboxylic acids is 2. The van der Waals surface area contributed by atoms with Crippen LogP contribution in [0.15, 0.2) is 18.2 Å². The maximum atomic E-state index is 12.2. The fraction of sp³-hybridized carbons (Fsp3) is 0.500. The molecule has 0 spiro atoms. The Kier molecular flexibility index (Phi) is 7.69. The third-order valence-corrected chi connectivity index (χ3v) is 4.09. The lowest BCUT2D eigenvalue weighted by Gasteiger charge is -2.28. The van der Waals surface area contributed by atoms with E-state index in [1.54, 1.807) is 36.9 Å². The van der Waals surface area contributed by atoms with Gasteiger partial charge in [0.25, 0.3) is 0 Å². The van der Waals surface area contributed by atoms with E-state index in [0.29, 0.717) is 29.6 Å². The van der Waals surface area contributed by atoms with Crippen LogP contribution in [0.2, 0.25) is 10.0 Å². The number of rotatable bonds is 7. The number of benzene rings is 1. The van der Waals surface area contributed by atoms with E-state index in [4.69, 9.17) is 23.2 Å². The summed E-state index contributed by atoms with van der Waals surface area (Å²) in [6.45, 7) is 6.42. The van der Waals surface area contributed by atoms with Crippen molar-refractivity contribution in [1.29, 1.82) is 0 Å². The van der Waals surface area contributed by atoms with E-state index in [9.17, 15) is 9.59 Å². The molecule has 2 amide bonds. The second kappa shape index (κ2) is 9.01. The first kappa shape index (κ1) is 18.8. The largest absolute Gasteiger partial charge is 0.354 e. The van der Waals surface area contributed by atoms with Crippen LogP contribution in [0, 0.1) is 0 Å². The number of halogens is 2. The predicted molar refractivity (Wildman–Crippen MR) is 90.1 cm³/mol. The van der Waals surface area contributed by atoms with Gasteiger partial charge in [0.15, 0.2) is 0 Å². The molecule has 22 heavy (non-hydrogen) atoms. The smallest absolute Gasteiger partial charge is 0.242 e. The first-order valence-corrected chi connectivity index (χ1v) is 8.17. The van der Waals surface area contributed by atoms with E-state index < -0.39 is 6.04 Å². The Morgan fingerprint density at radius 2 is 1.91 bits per heavy atom. The van der Waals surface area contributed by atoms with Gasteiger partial charge in [0, 0.05) is 19.5 Å². The zero-order valence-corrected chi connectivity index (χ0v) is 14.7. The molecule has 0 aromatic heterocycles. The van der Waals surface area contributed by atoms with Gasteiger partial charge < -0.3 is 10.2 Å². The van der Waals surface area contributed by atoms with Gasteiger partial charge in [-0.25, -0.2) is 0 Å². The molecule has 0 aliphatic carbocycles. The molecule has 1 aromatic rings. The van der Waals surface area contributed by atoms with Crippen molar-refractivity contribution in [2.75, 3.05) is 6.54 Å². The molecule has 122 valence electrons. The molecule has 0 aliphatic heterocycles. The van der Waals surface area contributed by atoms with Crippen LogP contribution in [0.4, 0.5) is 0 Å². The summed E-state index contributed by atoms with van der Waals surface area (Å²) in [6, 6.07) is 4.68. The van der Waals surface area contributed by atoms with E-state index >= 15 is 0 Å². The first-order chi connectivity index (χ1) is 10.4. The van der Waals surface area contributed by atoms with Gasteiger partial charge in [0.1, 0.15) is 6.04 Å². The predicted octanol–water partition coefficient (Wildman–Crippen LogP) is 3.65. The van der Waals surface area contributed by atoms with Gasteiger partial charge in [-0.2, -0.15) is 0 Å². The maximum Gasteiger partial charge on any atom is 0.242 e. The Balaban J connectivity index is 2.90. The van der Waals surface area contributed by atoms with E-state index in [2.05, 4.69) is 5.32 Å². The average molecular weight is 345 g/mol. The summed E-state index contributed by atoms with van der Waals surface area (Å²) in [5.74, 6) is -0.228. The summed E-state index contributed by atoms with van der Waals surface area (Å²) in [5.41, 5.74) is 0.839. The van der Waals surface area contributed by atoms with Gasteiger partial charge in [0.05, 0.1) is 10.0 Å². The number of amides is 2. The Hall–Kier alpha value is -1.26. The number of hydrogen-bond acceptors (Lipinski definition) is 2. The van der Waals surface area contributed by atoms with Crippen molar-refractivity contribution in [3.05, 3.63) is 33.8 Å². The Bertz CT molecular complexity index is 535. The molecule has 6 heteroatoms. The molecule has 0 bridgehead atoms. The fourth-order valence-electron chi connectivity index (χ4n) is 2.02. The summed E-state index contributed by atoms with van der Waals surface area (Å²) in [7, 11) is 0. The second-order valence-corrected chi connectivity index (χ2v) is 5.91. The average Bonchev–Trinajstić information content (AvgIpc) is 2.52. The van der Waals surface area contributed by atoms with Crippen LogP contribution in [0.3, 0.4) is 0 Å². The number of nitrogens with one attached hydrogen (secondary N) is 1. The van der Waals surface area contributed by atoms with Gasteiger partial charge in [-0.05, 0) is 31.0 Å². The molecule has 1 aromatic carbocycles. The van der Waals surface area contributed by atoms with Crippen molar-refractivity contribution in [2.24, 2.45) is 0 Å². The minimum absolute atomic E-state index is 0.0785. The van der Waals surface area contributed by atoms with E-state index in [0.717, 1.165) is 12.0 Å². The molecule has 1 N–H and O–H groups in total. The molecule has 0 unspecified atom stereocenters. The Labute approximate surface area is 141 Å². The molecular weight excluding hydrogens is 323 g/mol. The van der Waals surface area contributed by atoms with Crippen molar-refractivity contribution >= 4 is 35.0 Å². The van der Waals surface area contributed by atoms with Crippen molar-refractivity contribution in [3.8, 4) is 0 Å². The molecule has 0 saturated carbocycles. The highest BCUT2D eigenvalue weighted by Crippen LogP contribution is 2.23. The summed E-state index contributed by atoms with van der Waals surface area (Å²) in [5, 5.41) is 3.72. The molecule has 0 aliphatic rings. The van der Waals surface area contributed by atoms with E-state index in [-0.39, 0.29) is 11.8 Å². The molecule has 1 rings (SSSR count). The monoisotopic (exact) mass is 344 g/mol. The van der Waals surface area contributed by atoms with Crippen LogP contribution in [0.25, 0.3) is 0 Å². The van der Waals surface area contributed by atoms with E-state index in [1.807, 2.05) is 6.92 Å². The molecule has 0 saturated heterocycles. The normalized spacial score (nSPS) is 11.9. The third kappa shape index (κ3) is 5.18. The lowest BCUT2D eigenvalue weighted by atomic mass is 10.1. The van der Waals surface area contributed by atoms with Gasteiger partial charge in [-0.1, -0.05) is 43.1 Å². The van der Waals surface area contributed by atoms with Crippen molar-refractivity contribution in [3.63, 3.8) is 0 Å². The topological polar surface area (TPSA) is 49.4 Å². The summed E-state index contributed by atoms with van der Waals surface area (Å²) < 4.78 is 0. The van der Waals surface area contributed by atoms with Gasteiger partial charge >= 0.3 is 0 Å². The van der Waals surface area contributed by atoms with Crippen molar-refractivity contribution in [2.45, 2.75) is 46.2 Å². The highest BCUT2D eigenvalue weighted by Gasteiger charge is 2.24. The van der Waals surface area contributed by atoms with Crippen LogP contribution in [0.5, 0.6) is 0 Å². The van der Waals surface area contributed by atoms with Crippen molar-refractivity contribution in [1.82, 2.24) is 10.2 Å². The molecule has 0 radical (unpaired) electrons. The highest BCUT2D eigenvalue weighted by atomic mass is 35.5. The van der Waals surface area contributed by atoms with Crippen molar-refractivity contribution < 1.29 is 9.59 Å². The number of hydrogen-bond donors (Lipinski definition) is 1. The van der Waals surface area contributed by atoms with Crippen LogP contribution in [0.1, 0.15) is 39.2 Å². The fourth-order valence-corrected chi connectivity index (χ4v) is 2.34. The minimum atomic E-state index is -0.534. The molecular formula is C16H22Cl2N2O2. The number of nitrogens with zero attached hydrogens (tertiary/aromatic N) is 1. The Morgan fingerprint density at radius 1 is 1.23 bits per heavy atom. The second-order valence-electron chi connectivity index (χ2n) is 5.09. The molecule has 0 heterocycles. The number of carbonyl (C=O) groups is 2. The quantitative estimate of drug-likeness (QED) is 0.820. The van der Waals surface area contributed by atoms with Crippen LogP contribution >= 0.6 is 23.2 Å². The summed E-state index contributed by atoms with van der Waals surface area (Å²) in [4.78, 5) is 25.9. The minimum Gasteiger partial charge on any atom is -0.354 e. The zero-order chi connectivity index (χ0) is 16.7. The van der Waals surface area contributed by atoms with Crippen LogP contribution in [-0.2, 0) is 16.1 Å². The highest BCUT2D eigenvalue weighted by molar-refractivity contribution is 6.42. The first-order valence-electron chi connectivity index (χ1n) is 7.41. The lowest BCUT2D eigenvalue weighted by molar-refractivity contribution is -0.140. The van der Waals surface area contributed by atoms with Gasteiger partial charge in [-0.3, -0.25) is 9.59 Å². The van der Waals surface area contributed by atoms with Crippen LogP contribution < -0.4 is 5.32 Å². The summed E-state index contributed by atoms with van der Waals surface area (Å²) >= 11 is 11.9. The maximum absolute atomic E-state index is 12.2. The zero-order valence-electron chi connectivity index (χ0n) is 13.2. The Morgan fingerprint density at radius 3 is 2.45 bits per heavy atom. The molecule has 0 fully saturated rings. The lowest BCUT2D eigenvalue weighted by Crippen LogP contribution is -2.47. The summed E-state index contributed by atoms with van der Waals surface area (Å²) in [6.07, 6.45) is 1.19. The van der Waals surface area contributed by atoms with Gasteiger partial charge in [-0.15, -0.1) is 0 Å². The standard InChI is InChI=1S/C16H22Cl2N2O2/c1-4-8-19-16(22)11(3)20(15(21)5-2)10-12-6-7-13(17)14(18)9-12/h6-7,9,11H,4-5,8,10H2,1-3H3,(H,19,22)/t11-/m1/s1. The third-order valence-electron chi connectivity index (χ3n) is 3.36. The van der Waals surface area contributed by atoms with E-state index in [1.165, 1.54) is 0 Å². The molecule has 4 nitrogen and oxygen atoms in total. The van der Waals surface area contributed by atoms with Gasteiger partial charge in [0.2, 0.25) is 11.8 Å². The molecule has 1 atom stereocenters. The SMILES string of the molecule is CCCNC(=O)[C@@H](C)N(Cc1ccc(Cl)c(Cl)c1)C(=O)CC. The van der Waals surface area contributed by atoms with Crippen LogP contribution in [-0.4, -0.2) is 29.3 Å².